The zero-order chi connectivity index (χ0) is 35.3. The number of benzene rings is 2. The molecule has 2 amide bonds. The maximum absolute atomic E-state index is 13.9. The van der Waals surface area contributed by atoms with Gasteiger partial charge < -0.3 is 24.6 Å². The molecule has 4 atom stereocenters. The molecule has 48 heavy (non-hydrogen) atoms. The summed E-state index contributed by atoms with van der Waals surface area (Å²) in [7, 11) is 0.0472. The number of anilines is 1. The number of ether oxygens (including phenoxy) is 1. The molecule has 0 radical (unpaired) electrons. The Morgan fingerprint density at radius 1 is 1.06 bits per heavy atom. The second kappa shape index (κ2) is 13.7. The fourth-order valence-corrected chi connectivity index (χ4v) is 7.59. The number of rotatable bonds is 8. The zero-order valence-corrected chi connectivity index (χ0v) is 27.8. The summed E-state index contributed by atoms with van der Waals surface area (Å²) < 4.78 is 93.4. The Balaban J connectivity index is 1.46. The lowest BCUT2D eigenvalue weighted by Gasteiger charge is -2.43. The minimum Gasteiger partial charge on any atom is -0.504 e. The summed E-state index contributed by atoms with van der Waals surface area (Å²) >= 11 is 1.98. The van der Waals surface area contributed by atoms with E-state index in [1.807, 2.05) is 35.6 Å². The van der Waals surface area contributed by atoms with Gasteiger partial charge in [0.25, 0.3) is 0 Å². The van der Waals surface area contributed by atoms with Crippen molar-refractivity contribution in [2.75, 3.05) is 18.6 Å². The van der Waals surface area contributed by atoms with E-state index in [-0.39, 0.29) is 24.6 Å². The predicted octanol–water partition coefficient (Wildman–Crippen LogP) is 6.61. The lowest BCUT2D eigenvalue weighted by atomic mass is 9.58. The molecule has 8 nitrogen and oxygen atoms in total. The number of hydrogen-bond acceptors (Lipinski definition) is 7. The van der Waals surface area contributed by atoms with Crippen molar-refractivity contribution in [2.45, 2.75) is 57.4 Å². The van der Waals surface area contributed by atoms with E-state index in [1.165, 1.54) is 7.11 Å². The Morgan fingerprint density at radius 2 is 1.71 bits per heavy atom. The lowest BCUT2D eigenvalue weighted by molar-refractivity contribution is -0.143. The number of aliphatic hydroxyl groups excluding tert-OH is 1. The molecule has 0 saturated carbocycles. The molecule has 0 spiro atoms. The minimum atomic E-state index is -5.19. The van der Waals surface area contributed by atoms with Crippen LogP contribution >= 0.6 is 22.6 Å². The number of imide groups is 1. The summed E-state index contributed by atoms with van der Waals surface area (Å²) in [5.41, 5.74) is -1.58. The number of alkyl halides is 6. The van der Waals surface area contributed by atoms with Crippen LogP contribution in [0.3, 0.4) is 0 Å². The number of carbonyl (C=O) groups excluding carboxylic acids is 2. The number of carbonyl (C=O) groups is 2. The average Bonchev–Trinajstić information content (AvgIpc) is 3.27. The van der Waals surface area contributed by atoms with Crippen LogP contribution in [0.2, 0.25) is 6.32 Å². The van der Waals surface area contributed by atoms with E-state index in [1.54, 1.807) is 12.1 Å². The Hall–Kier alpha value is -3.09. The van der Waals surface area contributed by atoms with Gasteiger partial charge >= 0.3 is 19.5 Å². The average molecular weight is 793 g/mol. The van der Waals surface area contributed by atoms with Gasteiger partial charge in [0.1, 0.15) is 0 Å². The van der Waals surface area contributed by atoms with Gasteiger partial charge in [0.05, 0.1) is 52.0 Å². The van der Waals surface area contributed by atoms with Crippen molar-refractivity contribution in [3.05, 3.63) is 67.3 Å². The highest BCUT2D eigenvalue weighted by atomic mass is 127. The van der Waals surface area contributed by atoms with Gasteiger partial charge in [0, 0.05) is 0 Å². The largest absolute Gasteiger partial charge is 0.504 e. The van der Waals surface area contributed by atoms with Gasteiger partial charge in [-0.2, -0.15) is 26.3 Å². The number of hydrogen-bond donors (Lipinski definition) is 3. The number of phenolic OH excluding ortho intramolecular Hbond substituents is 1. The van der Waals surface area contributed by atoms with Crippen LogP contribution in [-0.4, -0.2) is 54.0 Å². The van der Waals surface area contributed by atoms with Crippen LogP contribution in [0.15, 0.2) is 47.1 Å². The van der Waals surface area contributed by atoms with Crippen molar-refractivity contribution in [3.63, 3.8) is 0 Å². The molecule has 0 aromatic heterocycles. The molecule has 5 rings (SSSR count). The molecule has 2 aromatic carbocycles. The molecule has 1 aliphatic carbocycles. The van der Waals surface area contributed by atoms with Gasteiger partial charge in [-0.1, -0.05) is 18.6 Å². The van der Waals surface area contributed by atoms with Gasteiger partial charge in [0.15, 0.2) is 11.5 Å². The highest BCUT2D eigenvalue weighted by molar-refractivity contribution is 14.1. The van der Waals surface area contributed by atoms with Gasteiger partial charge in [0.2, 0.25) is 11.8 Å². The van der Waals surface area contributed by atoms with E-state index in [0.29, 0.717) is 56.8 Å². The molecule has 2 fully saturated rings. The first kappa shape index (κ1) is 36.2. The lowest BCUT2D eigenvalue weighted by Crippen LogP contribution is -2.46. The maximum atomic E-state index is 13.9. The number of amides is 2. The molecule has 3 aliphatic rings. The number of nitrogens with zero attached hydrogens (tertiary/aromatic N) is 1. The first-order chi connectivity index (χ1) is 22.5. The standard InChI is InChI=1S/C32H31BF6INO7/c1-3-15(6-16-7-23(40)28(43)25(8-16)47-2)4-5-24-26-17(14-42)9-21-27(22(26)13-33(46)48-24)30(45)41(29(21)44)20-11-18(31(34,35)36)10-19(12-20)32(37,38)39/h6-8,10-12,21-22,24,27,42-43,46H,3-5,9,13-14H2,1-2H3/b15-6+/t21-,22+,24-,27-/m1/s1. The van der Waals surface area contributed by atoms with Crippen LogP contribution in [-0.2, 0) is 26.6 Å². The number of aromatic hydroxyl groups is 1. The van der Waals surface area contributed by atoms with Crippen LogP contribution in [0.1, 0.15) is 49.3 Å². The number of methoxy groups -OCH3 is 1. The molecular formula is C32H31BF6INO7. The van der Waals surface area contributed by atoms with Crippen LogP contribution in [0.25, 0.3) is 6.08 Å². The number of halogens is 7. The minimum absolute atomic E-state index is 0.00960. The molecule has 2 aliphatic heterocycles. The summed E-state index contributed by atoms with van der Waals surface area (Å²) in [6, 6.07) is 4.05. The molecule has 0 unspecified atom stereocenters. The molecule has 3 N–H and O–H groups in total. The predicted molar refractivity (Wildman–Crippen MR) is 171 cm³/mol. The van der Waals surface area contributed by atoms with Gasteiger partial charge in [-0.3, -0.25) is 9.59 Å². The summed E-state index contributed by atoms with van der Waals surface area (Å²) in [6.07, 6.45) is -8.22. The Bertz CT molecular complexity index is 1640. The summed E-state index contributed by atoms with van der Waals surface area (Å²) in [5, 5.41) is 31.3. The SMILES string of the molecule is CC/C(=C\c1cc(I)c(O)c(OC)c1)CC[C@H]1OB(O)C[C@H]2C1=C(CO)C[C@H]1C(=O)N(c3cc(C(F)(F)F)cc(C(F)(F)F)c3)C(=O)[C@H]12. The molecule has 2 aromatic rings. The molecule has 2 heterocycles. The quantitative estimate of drug-likeness (QED) is 0.0907. The maximum Gasteiger partial charge on any atom is 0.455 e. The van der Waals surface area contributed by atoms with Crippen LogP contribution < -0.4 is 9.64 Å². The normalized spacial score (nSPS) is 23.5. The number of allylic oxidation sites excluding steroid dienone is 1. The van der Waals surface area contributed by atoms with E-state index in [0.717, 1.165) is 11.1 Å². The van der Waals surface area contributed by atoms with Gasteiger partial charge in [-0.25, -0.2) is 4.90 Å². The molecule has 16 heteroatoms. The van der Waals surface area contributed by atoms with Crippen molar-refractivity contribution in [2.24, 2.45) is 17.8 Å². The van der Waals surface area contributed by atoms with E-state index < -0.39 is 78.6 Å². The van der Waals surface area contributed by atoms with Crippen molar-refractivity contribution < 1.29 is 60.6 Å². The molecular weight excluding hydrogens is 762 g/mol. The monoisotopic (exact) mass is 793 g/mol. The number of aliphatic hydroxyl groups is 1. The smallest absolute Gasteiger partial charge is 0.455 e. The van der Waals surface area contributed by atoms with Crippen molar-refractivity contribution in [1.82, 2.24) is 0 Å². The van der Waals surface area contributed by atoms with Crippen molar-refractivity contribution in [3.8, 4) is 11.5 Å². The van der Waals surface area contributed by atoms with Gasteiger partial charge in [-0.15, -0.1) is 0 Å². The van der Waals surface area contributed by atoms with E-state index >= 15 is 0 Å². The van der Waals surface area contributed by atoms with Crippen LogP contribution in [0.4, 0.5) is 32.0 Å². The highest BCUT2D eigenvalue weighted by Crippen LogP contribution is 2.52. The molecule has 258 valence electrons. The zero-order valence-electron chi connectivity index (χ0n) is 25.7. The van der Waals surface area contributed by atoms with Crippen LogP contribution in [0, 0.1) is 21.3 Å². The second-order valence-electron chi connectivity index (χ2n) is 12.0. The summed E-state index contributed by atoms with van der Waals surface area (Å²) in [4.78, 5) is 27.8. The first-order valence-electron chi connectivity index (χ1n) is 15.1. The fraction of sp³-hybridized carbons (Fsp3) is 0.438. The number of phenols is 1. The van der Waals surface area contributed by atoms with Crippen molar-refractivity contribution in [1.29, 1.82) is 0 Å². The third kappa shape index (κ3) is 6.98. The summed E-state index contributed by atoms with van der Waals surface area (Å²) in [6.45, 7) is 1.41. The van der Waals surface area contributed by atoms with E-state index in [9.17, 15) is 51.2 Å². The Labute approximate surface area is 285 Å². The van der Waals surface area contributed by atoms with Gasteiger partial charge in [-0.05, 0) is 108 Å². The Kier molecular flexibility index (Phi) is 10.3. The Morgan fingerprint density at radius 3 is 2.27 bits per heavy atom. The van der Waals surface area contributed by atoms with Crippen LogP contribution in [0.5, 0.6) is 11.5 Å². The van der Waals surface area contributed by atoms with E-state index in [2.05, 4.69) is 0 Å². The third-order valence-corrected chi connectivity index (χ3v) is 9.97. The summed E-state index contributed by atoms with van der Waals surface area (Å²) in [5.74, 6) is -4.86. The first-order valence-corrected chi connectivity index (χ1v) is 16.2. The second-order valence-corrected chi connectivity index (χ2v) is 13.2. The topological polar surface area (TPSA) is 117 Å². The van der Waals surface area contributed by atoms with E-state index in [4.69, 9.17) is 9.39 Å². The highest BCUT2D eigenvalue weighted by Gasteiger charge is 2.58. The molecule has 0 bridgehead atoms. The third-order valence-electron chi connectivity index (χ3n) is 9.15. The van der Waals surface area contributed by atoms with Crippen molar-refractivity contribution >= 4 is 53.3 Å². The fourth-order valence-electron chi connectivity index (χ4n) is 6.97. The number of fused-ring (bicyclic) bond motifs is 3. The molecule has 2 saturated heterocycles.